The number of hydrogen-bond acceptors (Lipinski definition) is 4. The first-order valence-electron chi connectivity index (χ1n) is 6.19. The average Bonchev–Trinajstić information content (AvgIpc) is 2.95. The summed E-state index contributed by atoms with van der Waals surface area (Å²) in [6.45, 7) is 4.75. The Bertz CT molecular complexity index is 582. The summed E-state index contributed by atoms with van der Waals surface area (Å²) in [5.74, 6) is 0.785. The van der Waals surface area contributed by atoms with Crippen LogP contribution in [0.25, 0.3) is 0 Å². The molecule has 0 radical (unpaired) electrons. The zero-order chi connectivity index (χ0) is 14.3. The van der Waals surface area contributed by atoms with E-state index >= 15 is 0 Å². The number of methoxy groups -OCH3 is 1. The Kier molecular flexibility index (Phi) is 3.49. The topological polar surface area (TPSA) is 81.4 Å². The maximum absolute atomic E-state index is 12.1. The van der Waals surface area contributed by atoms with Gasteiger partial charge in [0, 0.05) is 12.6 Å². The fourth-order valence-corrected chi connectivity index (χ4v) is 3.17. The molecule has 1 atom stereocenters. The normalized spacial score (nSPS) is 21.1. The van der Waals surface area contributed by atoms with E-state index in [0.717, 1.165) is 6.42 Å². The van der Waals surface area contributed by atoms with Crippen LogP contribution in [0.2, 0.25) is 0 Å². The van der Waals surface area contributed by atoms with Crippen molar-refractivity contribution in [3.8, 4) is 5.75 Å². The molecular weight excluding hydrogens is 264 g/mol. The number of nitrogens with one attached hydrogen (secondary N) is 1. The third kappa shape index (κ3) is 3.01. The van der Waals surface area contributed by atoms with E-state index in [4.69, 9.17) is 10.5 Å². The smallest absolute Gasteiger partial charge is 0.240 e. The highest BCUT2D eigenvalue weighted by Gasteiger charge is 2.45. The lowest BCUT2D eigenvalue weighted by Gasteiger charge is -2.10. The second-order valence-electron chi connectivity index (χ2n) is 5.65. The summed E-state index contributed by atoms with van der Waals surface area (Å²) in [5.41, 5.74) is 6.34. The molecule has 1 fully saturated rings. The molecule has 0 saturated heterocycles. The standard InChI is InChI=1S/C13H20N2O3S/c1-13(2)7-9(13)8-15-19(16,17)10-4-5-11(14)12(6-10)18-3/h4-6,9,15H,7-8,14H2,1-3H3. The van der Waals surface area contributed by atoms with Gasteiger partial charge < -0.3 is 10.5 Å². The van der Waals surface area contributed by atoms with Crippen molar-refractivity contribution in [2.75, 3.05) is 19.4 Å². The predicted octanol–water partition coefficient (Wildman–Crippen LogP) is 1.60. The Morgan fingerprint density at radius 2 is 2.11 bits per heavy atom. The monoisotopic (exact) mass is 284 g/mol. The molecule has 6 heteroatoms. The Hall–Kier alpha value is -1.27. The second kappa shape index (κ2) is 4.68. The minimum atomic E-state index is -3.50. The van der Waals surface area contributed by atoms with Gasteiger partial charge in [-0.05, 0) is 29.9 Å². The minimum absolute atomic E-state index is 0.178. The van der Waals surface area contributed by atoms with Gasteiger partial charge in [0.05, 0.1) is 17.7 Å². The highest BCUT2D eigenvalue weighted by Crippen LogP contribution is 2.51. The van der Waals surface area contributed by atoms with Crippen molar-refractivity contribution in [1.29, 1.82) is 0 Å². The van der Waals surface area contributed by atoms with Gasteiger partial charge in [0.25, 0.3) is 0 Å². The van der Waals surface area contributed by atoms with Crippen molar-refractivity contribution in [3.05, 3.63) is 18.2 Å². The highest BCUT2D eigenvalue weighted by molar-refractivity contribution is 7.89. The lowest BCUT2D eigenvalue weighted by atomic mass is 10.1. The summed E-state index contributed by atoms with van der Waals surface area (Å²) in [7, 11) is -2.04. The lowest BCUT2D eigenvalue weighted by Crippen LogP contribution is -2.26. The van der Waals surface area contributed by atoms with E-state index < -0.39 is 10.0 Å². The zero-order valence-corrected chi connectivity index (χ0v) is 12.3. The molecular formula is C13H20N2O3S. The van der Waals surface area contributed by atoms with Crippen LogP contribution in [0.3, 0.4) is 0 Å². The van der Waals surface area contributed by atoms with E-state index in [0.29, 0.717) is 23.9 Å². The number of benzene rings is 1. The van der Waals surface area contributed by atoms with Crippen molar-refractivity contribution in [3.63, 3.8) is 0 Å². The second-order valence-corrected chi connectivity index (χ2v) is 7.41. The van der Waals surface area contributed by atoms with Crippen LogP contribution in [0.4, 0.5) is 5.69 Å². The summed E-state index contributed by atoms with van der Waals surface area (Å²) >= 11 is 0. The molecule has 19 heavy (non-hydrogen) atoms. The number of anilines is 1. The van der Waals surface area contributed by atoms with Gasteiger partial charge in [-0.15, -0.1) is 0 Å². The first-order valence-corrected chi connectivity index (χ1v) is 7.68. The quantitative estimate of drug-likeness (QED) is 0.805. The number of rotatable bonds is 5. The van der Waals surface area contributed by atoms with Crippen LogP contribution < -0.4 is 15.2 Å². The van der Waals surface area contributed by atoms with Gasteiger partial charge in [-0.25, -0.2) is 13.1 Å². The molecule has 0 amide bonds. The first kappa shape index (κ1) is 14.1. The molecule has 1 aromatic carbocycles. The third-order valence-corrected chi connectivity index (χ3v) is 5.17. The number of nitrogens with two attached hydrogens (primary N) is 1. The van der Waals surface area contributed by atoms with Gasteiger partial charge in [-0.1, -0.05) is 13.8 Å². The Balaban J connectivity index is 2.11. The van der Waals surface area contributed by atoms with E-state index in [2.05, 4.69) is 18.6 Å². The Morgan fingerprint density at radius 3 is 2.63 bits per heavy atom. The zero-order valence-electron chi connectivity index (χ0n) is 11.4. The molecule has 5 nitrogen and oxygen atoms in total. The maximum Gasteiger partial charge on any atom is 0.240 e. The number of hydrogen-bond donors (Lipinski definition) is 2. The lowest BCUT2D eigenvalue weighted by molar-refractivity contribution is 0.415. The minimum Gasteiger partial charge on any atom is -0.495 e. The van der Waals surface area contributed by atoms with E-state index in [1.807, 2.05) is 0 Å². The molecule has 0 heterocycles. The largest absolute Gasteiger partial charge is 0.495 e. The fourth-order valence-electron chi connectivity index (χ4n) is 2.08. The maximum atomic E-state index is 12.1. The van der Waals surface area contributed by atoms with Gasteiger partial charge in [0.1, 0.15) is 5.75 Å². The van der Waals surface area contributed by atoms with Crippen LogP contribution in [0.15, 0.2) is 23.1 Å². The van der Waals surface area contributed by atoms with Gasteiger partial charge in [-0.2, -0.15) is 0 Å². The van der Waals surface area contributed by atoms with Crippen LogP contribution in [-0.2, 0) is 10.0 Å². The summed E-state index contributed by atoms with van der Waals surface area (Å²) in [5, 5.41) is 0. The molecule has 106 valence electrons. The average molecular weight is 284 g/mol. The number of sulfonamides is 1. The third-order valence-electron chi connectivity index (χ3n) is 3.75. The summed E-state index contributed by atoms with van der Waals surface area (Å²) < 4.78 is 32.0. The van der Waals surface area contributed by atoms with Gasteiger partial charge >= 0.3 is 0 Å². The highest BCUT2D eigenvalue weighted by atomic mass is 32.2. The number of nitrogen functional groups attached to an aromatic ring is 1. The molecule has 0 bridgehead atoms. The molecule has 3 N–H and O–H groups in total. The molecule has 1 saturated carbocycles. The number of ether oxygens (including phenoxy) is 1. The summed E-state index contributed by atoms with van der Waals surface area (Å²) in [4.78, 5) is 0.178. The Morgan fingerprint density at radius 1 is 1.47 bits per heavy atom. The van der Waals surface area contributed by atoms with Crippen molar-refractivity contribution in [2.45, 2.75) is 25.2 Å². The van der Waals surface area contributed by atoms with Crippen molar-refractivity contribution in [1.82, 2.24) is 4.72 Å². The van der Waals surface area contributed by atoms with Gasteiger partial charge in [0.15, 0.2) is 0 Å². The molecule has 0 aliphatic heterocycles. The SMILES string of the molecule is COc1cc(S(=O)(=O)NCC2CC2(C)C)ccc1N. The molecule has 1 aromatic rings. The molecule has 1 aliphatic rings. The van der Waals surface area contributed by atoms with Crippen molar-refractivity contribution < 1.29 is 13.2 Å². The summed E-state index contributed by atoms with van der Waals surface area (Å²) in [6, 6.07) is 4.46. The van der Waals surface area contributed by atoms with E-state index in [9.17, 15) is 8.42 Å². The van der Waals surface area contributed by atoms with E-state index in [1.165, 1.54) is 25.3 Å². The van der Waals surface area contributed by atoms with Crippen LogP contribution >= 0.6 is 0 Å². The van der Waals surface area contributed by atoms with Crippen LogP contribution in [0.5, 0.6) is 5.75 Å². The molecule has 0 spiro atoms. The van der Waals surface area contributed by atoms with Crippen molar-refractivity contribution in [2.24, 2.45) is 11.3 Å². The first-order chi connectivity index (χ1) is 8.76. The van der Waals surface area contributed by atoms with Crippen molar-refractivity contribution >= 4 is 15.7 Å². The van der Waals surface area contributed by atoms with Crippen LogP contribution in [-0.4, -0.2) is 22.1 Å². The molecule has 1 unspecified atom stereocenters. The van der Waals surface area contributed by atoms with Gasteiger partial charge in [-0.3, -0.25) is 0 Å². The molecule has 1 aliphatic carbocycles. The fraction of sp³-hybridized carbons (Fsp3) is 0.538. The predicted molar refractivity (Wildman–Crippen MR) is 74.5 cm³/mol. The van der Waals surface area contributed by atoms with Gasteiger partial charge in [0.2, 0.25) is 10.0 Å². The van der Waals surface area contributed by atoms with Crippen LogP contribution in [0.1, 0.15) is 20.3 Å². The Labute approximate surface area is 114 Å². The summed E-state index contributed by atoms with van der Waals surface area (Å²) in [6.07, 6.45) is 1.06. The van der Waals surface area contributed by atoms with E-state index in [1.54, 1.807) is 0 Å². The molecule has 2 rings (SSSR count). The molecule has 0 aromatic heterocycles. The van der Waals surface area contributed by atoms with Crippen LogP contribution in [0, 0.1) is 11.3 Å². The van der Waals surface area contributed by atoms with E-state index in [-0.39, 0.29) is 10.3 Å².